The van der Waals surface area contributed by atoms with E-state index in [1.807, 2.05) is 6.07 Å². The third-order valence-corrected chi connectivity index (χ3v) is 10.6. The number of hydrogen-bond acceptors (Lipinski definition) is 6. The van der Waals surface area contributed by atoms with Gasteiger partial charge in [0.05, 0.1) is 28.4 Å². The van der Waals surface area contributed by atoms with E-state index < -0.39 is 92.5 Å². The minimum absolute atomic E-state index is 0.00731. The van der Waals surface area contributed by atoms with Gasteiger partial charge in [-0.3, -0.25) is 9.59 Å². The van der Waals surface area contributed by atoms with Gasteiger partial charge in [0, 0.05) is 12.1 Å². The summed E-state index contributed by atoms with van der Waals surface area (Å²) >= 11 is 0. The van der Waals surface area contributed by atoms with Crippen molar-refractivity contribution in [2.75, 3.05) is 13.2 Å². The first-order chi connectivity index (χ1) is 20.5. The van der Waals surface area contributed by atoms with Gasteiger partial charge in [0.25, 0.3) is 0 Å². The van der Waals surface area contributed by atoms with Crippen LogP contribution in [0.15, 0.2) is 47.4 Å². The van der Waals surface area contributed by atoms with E-state index in [0.29, 0.717) is 11.0 Å². The first-order valence-corrected chi connectivity index (χ1v) is 15.3. The standard InChI is InChI=1S/C29H27F6N3O5S/c1-2-43-22-6-4-3-5-19(22)17-7-8-23(20(13-17)28(30,31)32)44(41,42)18-14-21(24(39)37-26(16-36)9-10-26)38(15-18)25(40)27(11-12-27)29(33,34)35/h3-8,13,18,21H,2,9-12,14-15H2,1H3,(H,37,39)/t18?,21-/m0/s1. The van der Waals surface area contributed by atoms with Crippen LogP contribution in [0.2, 0.25) is 0 Å². The molecule has 0 aromatic heterocycles. The average molecular weight is 644 g/mol. The van der Waals surface area contributed by atoms with Crippen LogP contribution in [0.1, 0.15) is 44.6 Å². The molecule has 5 rings (SSSR count). The SMILES string of the molecule is CCOc1ccccc1-c1ccc(S(=O)(=O)C2C[C@@H](C(=O)NC3(C#N)CC3)N(C(=O)C3(C(F)(F)F)CC3)C2)c(C(F)(F)F)c1. The van der Waals surface area contributed by atoms with Gasteiger partial charge in [0.1, 0.15) is 22.7 Å². The zero-order valence-electron chi connectivity index (χ0n) is 23.3. The van der Waals surface area contributed by atoms with Gasteiger partial charge in [-0.25, -0.2) is 8.42 Å². The zero-order chi connectivity index (χ0) is 32.3. The fourth-order valence-electron chi connectivity index (χ4n) is 5.56. The number of likely N-dealkylation sites (tertiary alicyclic amines) is 1. The van der Waals surface area contributed by atoms with Crippen molar-refractivity contribution in [1.29, 1.82) is 5.26 Å². The van der Waals surface area contributed by atoms with E-state index in [4.69, 9.17) is 4.74 Å². The van der Waals surface area contributed by atoms with Crippen LogP contribution in [0.25, 0.3) is 11.1 Å². The molecule has 0 radical (unpaired) electrons. The molecule has 2 amide bonds. The molecular weight excluding hydrogens is 616 g/mol. The van der Waals surface area contributed by atoms with Crippen LogP contribution >= 0.6 is 0 Å². The van der Waals surface area contributed by atoms with Crippen LogP contribution in [0.4, 0.5) is 26.3 Å². The summed E-state index contributed by atoms with van der Waals surface area (Å²) in [4.78, 5) is 25.8. The normalized spacial score (nSPS) is 22.2. The number of alkyl halides is 6. The zero-order valence-corrected chi connectivity index (χ0v) is 24.1. The van der Waals surface area contributed by atoms with E-state index in [1.54, 1.807) is 19.1 Å². The predicted octanol–water partition coefficient (Wildman–Crippen LogP) is 5.03. The molecule has 44 heavy (non-hydrogen) atoms. The second-order valence-corrected chi connectivity index (χ2v) is 13.5. The van der Waals surface area contributed by atoms with Crippen molar-refractivity contribution in [3.05, 3.63) is 48.0 Å². The van der Waals surface area contributed by atoms with Gasteiger partial charge >= 0.3 is 12.4 Å². The number of nitrogens with zero attached hydrogens (tertiary/aromatic N) is 2. The van der Waals surface area contributed by atoms with E-state index in [2.05, 4.69) is 5.32 Å². The summed E-state index contributed by atoms with van der Waals surface area (Å²) in [6.45, 7) is 0.969. The van der Waals surface area contributed by atoms with Crippen molar-refractivity contribution in [2.45, 2.75) is 73.1 Å². The lowest BCUT2D eigenvalue weighted by atomic mass is 10.0. The maximum Gasteiger partial charge on any atom is 0.417 e. The lowest BCUT2D eigenvalue weighted by molar-refractivity contribution is -0.199. The molecular formula is C29H27F6N3O5S. The van der Waals surface area contributed by atoms with Gasteiger partial charge in [0.2, 0.25) is 11.8 Å². The monoisotopic (exact) mass is 643 g/mol. The molecule has 3 fully saturated rings. The molecule has 15 heteroatoms. The fourth-order valence-corrected chi connectivity index (χ4v) is 7.45. The third kappa shape index (κ3) is 5.48. The quantitative estimate of drug-likeness (QED) is 0.404. The highest BCUT2D eigenvalue weighted by atomic mass is 32.2. The van der Waals surface area contributed by atoms with Crippen molar-refractivity contribution in [2.24, 2.45) is 5.41 Å². The van der Waals surface area contributed by atoms with Crippen molar-refractivity contribution in [3.8, 4) is 22.9 Å². The van der Waals surface area contributed by atoms with Crippen LogP contribution in [0.3, 0.4) is 0 Å². The Labute approximate surface area is 248 Å². The molecule has 2 aromatic rings. The summed E-state index contributed by atoms with van der Waals surface area (Å²) in [5, 5.41) is 9.91. The molecule has 1 unspecified atom stereocenters. The van der Waals surface area contributed by atoms with E-state index in [0.717, 1.165) is 12.1 Å². The first-order valence-electron chi connectivity index (χ1n) is 13.8. The number of ether oxygens (including phenoxy) is 1. The molecule has 2 saturated carbocycles. The Hall–Kier alpha value is -3.80. The minimum atomic E-state index is -5.16. The number of nitriles is 1. The predicted molar refractivity (Wildman–Crippen MR) is 143 cm³/mol. The summed E-state index contributed by atoms with van der Waals surface area (Å²) < 4.78 is 118. The van der Waals surface area contributed by atoms with Crippen LogP contribution in [0, 0.1) is 16.7 Å². The van der Waals surface area contributed by atoms with Crippen molar-refractivity contribution >= 4 is 21.7 Å². The molecule has 1 heterocycles. The molecule has 2 atom stereocenters. The highest BCUT2D eigenvalue weighted by Gasteiger charge is 2.70. The van der Waals surface area contributed by atoms with Crippen molar-refractivity contribution < 1.29 is 49.1 Å². The highest BCUT2D eigenvalue weighted by Crippen LogP contribution is 2.59. The van der Waals surface area contributed by atoms with Crippen molar-refractivity contribution in [1.82, 2.24) is 10.2 Å². The van der Waals surface area contributed by atoms with Crippen LogP contribution in [-0.2, 0) is 25.6 Å². The van der Waals surface area contributed by atoms with Crippen molar-refractivity contribution in [3.63, 3.8) is 0 Å². The van der Waals surface area contributed by atoms with E-state index in [-0.39, 0.29) is 36.3 Å². The number of halogens is 6. The topological polar surface area (TPSA) is 117 Å². The maximum atomic E-state index is 14.4. The van der Waals surface area contributed by atoms with Gasteiger partial charge in [-0.15, -0.1) is 0 Å². The Morgan fingerprint density at radius 2 is 1.73 bits per heavy atom. The van der Waals surface area contributed by atoms with Gasteiger partial charge in [-0.1, -0.05) is 24.3 Å². The Morgan fingerprint density at radius 1 is 1.07 bits per heavy atom. The first kappa shape index (κ1) is 31.6. The molecule has 1 N–H and O–H groups in total. The van der Waals surface area contributed by atoms with Gasteiger partial charge in [-0.05, 0) is 62.8 Å². The number of nitrogens with one attached hydrogen (secondary N) is 1. The molecule has 3 aliphatic rings. The molecule has 1 aliphatic heterocycles. The van der Waals surface area contributed by atoms with Gasteiger partial charge in [0.15, 0.2) is 9.84 Å². The van der Waals surface area contributed by atoms with E-state index in [9.17, 15) is 49.6 Å². The largest absolute Gasteiger partial charge is 0.493 e. The Balaban J connectivity index is 1.53. The summed E-state index contributed by atoms with van der Waals surface area (Å²) in [7, 11) is -4.97. The molecule has 2 aromatic carbocycles. The second-order valence-electron chi connectivity index (χ2n) is 11.3. The minimum Gasteiger partial charge on any atom is -0.493 e. The van der Waals surface area contributed by atoms with Crippen LogP contribution < -0.4 is 10.1 Å². The number of amides is 2. The highest BCUT2D eigenvalue weighted by molar-refractivity contribution is 7.92. The lowest BCUT2D eigenvalue weighted by Gasteiger charge is -2.29. The summed E-state index contributed by atoms with van der Waals surface area (Å²) in [6, 6.07) is 8.94. The number of carbonyl (C=O) groups is 2. The fraction of sp³-hybridized carbons (Fsp3) is 0.483. The molecule has 2 aliphatic carbocycles. The summed E-state index contributed by atoms with van der Waals surface area (Å²) in [5.41, 5.74) is -5.33. The Bertz CT molecular complexity index is 1640. The number of carbonyl (C=O) groups excluding carboxylic acids is 2. The number of benzene rings is 2. The number of rotatable bonds is 8. The third-order valence-electron chi connectivity index (χ3n) is 8.38. The number of para-hydroxylation sites is 1. The molecule has 0 spiro atoms. The Kier molecular flexibility index (Phi) is 7.67. The number of hydrogen-bond donors (Lipinski definition) is 1. The Morgan fingerprint density at radius 3 is 2.27 bits per heavy atom. The molecule has 8 nitrogen and oxygen atoms in total. The van der Waals surface area contributed by atoms with Crippen LogP contribution in [0.5, 0.6) is 5.75 Å². The van der Waals surface area contributed by atoms with Gasteiger partial charge < -0.3 is 15.0 Å². The maximum absolute atomic E-state index is 14.4. The van der Waals surface area contributed by atoms with E-state index in [1.165, 1.54) is 12.1 Å². The molecule has 1 saturated heterocycles. The smallest absolute Gasteiger partial charge is 0.417 e. The average Bonchev–Trinajstić information content (AvgIpc) is 3.88. The summed E-state index contributed by atoms with van der Waals surface area (Å²) in [6.07, 6.45) is -11.5. The lowest BCUT2D eigenvalue weighted by Crippen LogP contribution is -2.53. The molecule has 236 valence electrons. The van der Waals surface area contributed by atoms with Crippen LogP contribution in [-0.4, -0.2) is 61.3 Å². The summed E-state index contributed by atoms with van der Waals surface area (Å²) in [5.74, 6) is -2.28. The molecule has 0 bridgehead atoms. The number of sulfone groups is 1. The van der Waals surface area contributed by atoms with Gasteiger partial charge in [-0.2, -0.15) is 31.6 Å². The van der Waals surface area contributed by atoms with E-state index >= 15 is 0 Å². The second kappa shape index (κ2) is 10.7.